The van der Waals surface area contributed by atoms with E-state index in [9.17, 15) is 5.26 Å². The second kappa shape index (κ2) is 13.1. The van der Waals surface area contributed by atoms with Crippen molar-refractivity contribution in [3.8, 4) is 17.9 Å². The van der Waals surface area contributed by atoms with Crippen molar-refractivity contribution in [3.05, 3.63) is 70.3 Å². The summed E-state index contributed by atoms with van der Waals surface area (Å²) in [6, 6.07) is 17.9. The third-order valence-corrected chi connectivity index (χ3v) is 6.92. The minimum Gasteiger partial charge on any atom is -0.192 e. The maximum absolute atomic E-state index is 9.42. The molecule has 2 aromatic carbocycles. The fourth-order valence-corrected chi connectivity index (χ4v) is 4.89. The van der Waals surface area contributed by atoms with Crippen molar-refractivity contribution in [1.82, 2.24) is 0 Å². The van der Waals surface area contributed by atoms with E-state index in [-0.39, 0.29) is 0 Å². The van der Waals surface area contributed by atoms with Gasteiger partial charge in [-0.05, 0) is 79.7 Å². The van der Waals surface area contributed by atoms with Crippen LogP contribution in [0.25, 0.3) is 0 Å². The Hall–Kier alpha value is -2.51. The highest BCUT2D eigenvalue weighted by Crippen LogP contribution is 2.35. The van der Waals surface area contributed by atoms with Gasteiger partial charge < -0.3 is 0 Å². The molecule has 2 aromatic rings. The van der Waals surface area contributed by atoms with Crippen molar-refractivity contribution in [3.63, 3.8) is 0 Å². The molecule has 0 aromatic heterocycles. The van der Waals surface area contributed by atoms with Crippen molar-refractivity contribution in [1.29, 1.82) is 5.26 Å². The quantitative estimate of drug-likeness (QED) is 0.292. The molecule has 168 valence electrons. The molecule has 0 bridgehead atoms. The van der Waals surface area contributed by atoms with Gasteiger partial charge in [0.15, 0.2) is 0 Å². The molecule has 32 heavy (non-hydrogen) atoms. The van der Waals surface area contributed by atoms with E-state index in [0.717, 1.165) is 29.5 Å². The first-order valence-corrected chi connectivity index (χ1v) is 12.9. The van der Waals surface area contributed by atoms with Crippen LogP contribution in [0.5, 0.6) is 0 Å². The topological polar surface area (TPSA) is 23.8 Å². The molecule has 1 aliphatic carbocycles. The normalized spacial score (nSPS) is 17.9. The van der Waals surface area contributed by atoms with Crippen molar-refractivity contribution in [2.45, 2.75) is 96.8 Å². The molecule has 1 fully saturated rings. The Labute approximate surface area is 196 Å². The molecule has 1 aliphatic rings. The monoisotopic (exact) mass is 425 g/mol. The van der Waals surface area contributed by atoms with Crippen LogP contribution in [0.1, 0.15) is 112 Å². The molecular formula is C31H39N. The van der Waals surface area contributed by atoms with Crippen molar-refractivity contribution < 1.29 is 0 Å². The van der Waals surface area contributed by atoms with E-state index in [1.807, 2.05) is 6.07 Å². The zero-order valence-electron chi connectivity index (χ0n) is 20.1. The Morgan fingerprint density at radius 3 is 2.25 bits per heavy atom. The van der Waals surface area contributed by atoms with Crippen molar-refractivity contribution in [2.24, 2.45) is 5.92 Å². The molecule has 3 rings (SSSR count). The Morgan fingerprint density at radius 2 is 1.56 bits per heavy atom. The number of hydrogen-bond acceptors (Lipinski definition) is 1. The van der Waals surface area contributed by atoms with E-state index in [2.05, 4.69) is 68.2 Å². The summed E-state index contributed by atoms with van der Waals surface area (Å²) in [4.78, 5) is 0. The van der Waals surface area contributed by atoms with Gasteiger partial charge in [-0.1, -0.05) is 88.1 Å². The number of nitrogens with zero attached hydrogens (tertiary/aromatic N) is 1. The molecule has 0 radical (unpaired) electrons. The summed E-state index contributed by atoms with van der Waals surface area (Å²) in [6.07, 6.45) is 14.8. The zero-order valence-corrected chi connectivity index (χ0v) is 20.1. The van der Waals surface area contributed by atoms with Crippen LogP contribution in [0.2, 0.25) is 0 Å². The van der Waals surface area contributed by atoms with E-state index in [4.69, 9.17) is 0 Å². The zero-order chi connectivity index (χ0) is 22.6. The Bertz CT molecular complexity index is 927. The molecule has 0 unspecified atom stereocenters. The smallest absolute Gasteiger partial charge is 0.0994 e. The lowest BCUT2D eigenvalue weighted by Gasteiger charge is -2.26. The van der Waals surface area contributed by atoms with Gasteiger partial charge in [0.2, 0.25) is 0 Å². The maximum Gasteiger partial charge on any atom is 0.0994 e. The maximum atomic E-state index is 9.42. The number of unbranched alkanes of at least 4 members (excludes halogenated alkanes) is 4. The van der Waals surface area contributed by atoms with Crippen LogP contribution < -0.4 is 0 Å². The van der Waals surface area contributed by atoms with Crippen molar-refractivity contribution >= 4 is 0 Å². The van der Waals surface area contributed by atoms with E-state index in [1.54, 1.807) is 0 Å². The van der Waals surface area contributed by atoms with Gasteiger partial charge in [-0.15, -0.1) is 0 Å². The lowest BCUT2D eigenvalue weighted by Crippen LogP contribution is -2.12. The number of nitriles is 1. The summed E-state index contributed by atoms with van der Waals surface area (Å²) in [7, 11) is 0. The molecule has 0 spiro atoms. The van der Waals surface area contributed by atoms with Crippen LogP contribution in [0.4, 0.5) is 0 Å². The average Bonchev–Trinajstić information content (AvgIpc) is 2.84. The Kier molecular flexibility index (Phi) is 9.91. The molecule has 1 heteroatoms. The lowest BCUT2D eigenvalue weighted by atomic mass is 9.78. The molecule has 0 amide bonds. The second-order valence-electron chi connectivity index (χ2n) is 9.46. The predicted molar refractivity (Wildman–Crippen MR) is 136 cm³/mol. The summed E-state index contributed by atoms with van der Waals surface area (Å²) in [6.45, 7) is 4.42. The molecule has 1 nitrogen and oxygen atoms in total. The number of benzene rings is 2. The Morgan fingerprint density at radius 1 is 0.812 bits per heavy atom. The van der Waals surface area contributed by atoms with E-state index in [1.165, 1.54) is 75.3 Å². The molecule has 0 N–H and O–H groups in total. The first-order chi connectivity index (χ1) is 15.7. The number of hydrogen-bond donors (Lipinski definition) is 0. The molecule has 0 saturated heterocycles. The van der Waals surface area contributed by atoms with Crippen molar-refractivity contribution in [2.75, 3.05) is 0 Å². The van der Waals surface area contributed by atoms with Gasteiger partial charge in [0, 0.05) is 11.5 Å². The van der Waals surface area contributed by atoms with Gasteiger partial charge in [-0.25, -0.2) is 0 Å². The first-order valence-electron chi connectivity index (χ1n) is 12.9. The van der Waals surface area contributed by atoms with E-state index < -0.39 is 0 Å². The highest BCUT2D eigenvalue weighted by molar-refractivity contribution is 5.46. The molecule has 0 heterocycles. The molecule has 1 saturated carbocycles. The second-order valence-corrected chi connectivity index (χ2v) is 9.46. The fourth-order valence-electron chi connectivity index (χ4n) is 4.89. The molecular weight excluding hydrogens is 386 g/mol. The molecule has 0 atom stereocenters. The van der Waals surface area contributed by atoms with Gasteiger partial charge in [-0.2, -0.15) is 5.26 Å². The van der Waals surface area contributed by atoms with E-state index >= 15 is 0 Å². The summed E-state index contributed by atoms with van der Waals surface area (Å²) >= 11 is 0. The van der Waals surface area contributed by atoms with Gasteiger partial charge in [0.05, 0.1) is 11.6 Å². The van der Waals surface area contributed by atoms with Crippen LogP contribution in [0.15, 0.2) is 42.5 Å². The van der Waals surface area contributed by atoms with Crippen LogP contribution in [-0.4, -0.2) is 0 Å². The van der Waals surface area contributed by atoms with Crippen LogP contribution in [0.3, 0.4) is 0 Å². The minimum absolute atomic E-state index is 0.481. The number of rotatable bonds is 9. The SMILES string of the molecule is CCCCCCCc1ccc([C@H]2CC[C@H](C#Cc3ccc(CCC)c(C#N)c3)CC2)cc1. The highest BCUT2D eigenvalue weighted by Gasteiger charge is 2.21. The third kappa shape index (κ3) is 7.28. The standard InChI is InChI=1S/C31H39N/c1-3-5-6-7-8-10-25-13-18-29(19-14-25)30-20-15-26(16-21-30)11-12-27-17-22-28(9-4-2)31(23-27)24-32/h13-14,17-19,22-23,26,30H,3-10,15-16,20-21H2,1-2H3/t26-,30-. The summed E-state index contributed by atoms with van der Waals surface area (Å²) in [5.74, 6) is 8.02. The third-order valence-electron chi connectivity index (χ3n) is 6.92. The fraction of sp³-hybridized carbons (Fsp3) is 0.516. The van der Waals surface area contributed by atoms with Crippen LogP contribution >= 0.6 is 0 Å². The summed E-state index contributed by atoms with van der Waals surface area (Å²) in [5, 5.41) is 9.42. The lowest BCUT2D eigenvalue weighted by molar-refractivity contribution is 0.384. The average molecular weight is 426 g/mol. The largest absolute Gasteiger partial charge is 0.192 e. The van der Waals surface area contributed by atoms with E-state index in [0.29, 0.717) is 11.8 Å². The van der Waals surface area contributed by atoms with Gasteiger partial charge in [0.25, 0.3) is 0 Å². The molecule has 0 aliphatic heterocycles. The van der Waals surface area contributed by atoms with Gasteiger partial charge in [0.1, 0.15) is 0 Å². The van der Waals surface area contributed by atoms with Crippen LogP contribution in [-0.2, 0) is 12.8 Å². The minimum atomic E-state index is 0.481. The predicted octanol–water partition coefficient (Wildman–Crippen LogP) is 8.35. The van der Waals surface area contributed by atoms with Gasteiger partial charge >= 0.3 is 0 Å². The van der Waals surface area contributed by atoms with Crippen LogP contribution in [0, 0.1) is 29.1 Å². The number of aryl methyl sites for hydroxylation is 2. The highest BCUT2D eigenvalue weighted by atomic mass is 14.3. The Balaban J connectivity index is 1.48. The van der Waals surface area contributed by atoms with Gasteiger partial charge in [-0.3, -0.25) is 0 Å². The first kappa shape index (κ1) is 24.1. The summed E-state index contributed by atoms with van der Waals surface area (Å²) in [5.41, 5.74) is 5.91. The summed E-state index contributed by atoms with van der Waals surface area (Å²) < 4.78 is 0.